The Balaban J connectivity index is 0.00000117. The molecule has 4 aromatic rings. The van der Waals surface area contributed by atoms with Gasteiger partial charge in [-0.3, -0.25) is 0 Å². The highest BCUT2D eigenvalue weighted by atomic mass is 16.2. The first-order valence-electron chi connectivity index (χ1n) is 10.9. The maximum atomic E-state index is 10.6. The van der Waals surface area contributed by atoms with Gasteiger partial charge in [-0.05, 0) is 68.2 Å². The van der Waals surface area contributed by atoms with Crippen LogP contribution in [0.1, 0.15) is 38.8 Å². The summed E-state index contributed by atoms with van der Waals surface area (Å²) in [5, 5.41) is 15.5. The van der Waals surface area contributed by atoms with E-state index >= 15 is 0 Å². The highest BCUT2D eigenvalue weighted by Crippen LogP contribution is 2.36. The van der Waals surface area contributed by atoms with Crippen molar-refractivity contribution in [2.75, 3.05) is 0 Å². The molecule has 4 aromatic carbocycles. The van der Waals surface area contributed by atoms with Crippen molar-refractivity contribution >= 4 is 33.9 Å². The molecule has 0 aromatic heterocycles. The fourth-order valence-corrected chi connectivity index (χ4v) is 4.52. The average molecular weight is 382 g/mol. The fraction of sp³-hybridized carbons (Fsp3) is 0.259. The van der Waals surface area contributed by atoms with Gasteiger partial charge in [-0.2, -0.15) is 0 Å². The molecule has 4 rings (SSSR count). The first kappa shape index (κ1) is 21.1. The summed E-state index contributed by atoms with van der Waals surface area (Å²) in [6.45, 7) is 9.83. The van der Waals surface area contributed by atoms with E-state index in [9.17, 15) is 5.02 Å². The largest absolute Gasteiger partial charge is 0.446 e. The molecule has 0 amide bonds. The van der Waals surface area contributed by atoms with Crippen LogP contribution in [-0.4, -0.2) is 11.9 Å². The minimum Gasteiger partial charge on any atom is -0.446 e. The lowest BCUT2D eigenvalue weighted by molar-refractivity contribution is 0.594. The Labute approximate surface area is 175 Å². The number of hydrogen-bond acceptors (Lipinski definition) is 1. The molecule has 0 aliphatic rings. The van der Waals surface area contributed by atoms with Crippen LogP contribution in [0.15, 0.2) is 66.7 Å². The van der Waals surface area contributed by atoms with Crippen molar-refractivity contribution in [3.63, 3.8) is 0 Å². The lowest BCUT2D eigenvalue weighted by Crippen LogP contribution is -2.32. The van der Waals surface area contributed by atoms with Crippen LogP contribution in [0, 0.1) is 0 Å². The predicted molar refractivity (Wildman–Crippen MR) is 130 cm³/mol. The number of rotatable bonds is 4. The second-order valence-electron chi connectivity index (χ2n) is 7.24. The third-order valence-corrected chi connectivity index (χ3v) is 5.64. The highest BCUT2D eigenvalue weighted by Gasteiger charge is 2.22. The summed E-state index contributed by atoms with van der Waals surface area (Å²) in [5.41, 5.74) is 6.33. The van der Waals surface area contributed by atoms with Crippen LogP contribution in [0.5, 0.6) is 0 Å². The van der Waals surface area contributed by atoms with Gasteiger partial charge in [0.2, 0.25) is 0 Å². The quantitative estimate of drug-likeness (QED) is 0.393. The van der Waals surface area contributed by atoms with E-state index in [1.165, 1.54) is 43.8 Å². The summed E-state index contributed by atoms with van der Waals surface area (Å²) >= 11 is 0. The molecule has 0 bridgehead atoms. The van der Waals surface area contributed by atoms with Crippen LogP contribution in [0.4, 0.5) is 0 Å². The molecule has 0 fully saturated rings. The van der Waals surface area contributed by atoms with Crippen LogP contribution < -0.4 is 5.46 Å². The first-order valence-corrected chi connectivity index (χ1v) is 10.9. The minimum atomic E-state index is -0.471. The topological polar surface area (TPSA) is 20.2 Å². The summed E-state index contributed by atoms with van der Waals surface area (Å²) in [6, 6.07) is 23.8. The molecule has 0 aliphatic carbocycles. The Hall–Kier alpha value is -2.58. The molecule has 0 unspecified atom stereocenters. The van der Waals surface area contributed by atoms with Gasteiger partial charge in [-0.15, -0.1) is 0 Å². The summed E-state index contributed by atoms with van der Waals surface area (Å²) in [6.07, 6.45) is 1.88. The molecule has 148 valence electrons. The summed E-state index contributed by atoms with van der Waals surface area (Å²) in [7, 11) is 0. The van der Waals surface area contributed by atoms with Crippen LogP contribution >= 0.6 is 0 Å². The van der Waals surface area contributed by atoms with E-state index in [0.717, 1.165) is 18.3 Å². The molecule has 29 heavy (non-hydrogen) atoms. The van der Waals surface area contributed by atoms with Crippen LogP contribution in [0.2, 0.25) is 6.82 Å². The van der Waals surface area contributed by atoms with Gasteiger partial charge < -0.3 is 5.02 Å². The standard InChI is InChI=1S/C25H25BO.C2H6/c1-4-20-21(5-2)25(26(3)27)23-13-9-8-12-22(23)24(20)19-15-14-17-10-6-7-11-18(17)16-19;1-2/h6-16,27H,4-5H2,1-3H3;1-2H3. The van der Waals surface area contributed by atoms with Gasteiger partial charge >= 0.3 is 6.92 Å². The van der Waals surface area contributed by atoms with Crippen LogP contribution in [0.3, 0.4) is 0 Å². The van der Waals surface area contributed by atoms with Crippen LogP contribution in [-0.2, 0) is 12.8 Å². The smallest absolute Gasteiger partial charge is 0.321 e. The van der Waals surface area contributed by atoms with Gasteiger partial charge in [-0.25, -0.2) is 0 Å². The monoisotopic (exact) mass is 382 g/mol. The van der Waals surface area contributed by atoms with Gasteiger partial charge in [0, 0.05) is 0 Å². The van der Waals surface area contributed by atoms with Crippen molar-refractivity contribution < 1.29 is 5.02 Å². The van der Waals surface area contributed by atoms with Crippen LogP contribution in [0.25, 0.3) is 32.7 Å². The molecular weight excluding hydrogens is 351 g/mol. The van der Waals surface area contributed by atoms with E-state index in [-0.39, 0.29) is 0 Å². The Kier molecular flexibility index (Phi) is 6.77. The molecule has 0 spiro atoms. The van der Waals surface area contributed by atoms with Crippen molar-refractivity contribution in [3.05, 3.63) is 77.9 Å². The van der Waals surface area contributed by atoms with Crippen molar-refractivity contribution in [1.82, 2.24) is 0 Å². The van der Waals surface area contributed by atoms with E-state index in [1.54, 1.807) is 0 Å². The maximum absolute atomic E-state index is 10.6. The van der Waals surface area contributed by atoms with E-state index in [2.05, 4.69) is 80.6 Å². The van der Waals surface area contributed by atoms with E-state index in [0.29, 0.717) is 0 Å². The van der Waals surface area contributed by atoms with E-state index in [1.807, 2.05) is 20.7 Å². The van der Waals surface area contributed by atoms with Crippen molar-refractivity contribution in [2.24, 2.45) is 0 Å². The first-order chi connectivity index (χ1) is 14.2. The van der Waals surface area contributed by atoms with E-state index < -0.39 is 6.92 Å². The Morgan fingerprint density at radius 2 is 1.31 bits per heavy atom. The predicted octanol–water partition coefficient (Wildman–Crippen LogP) is 6.63. The molecule has 0 radical (unpaired) electrons. The van der Waals surface area contributed by atoms with Gasteiger partial charge in [0.05, 0.1) is 0 Å². The Morgan fingerprint density at radius 3 is 1.93 bits per heavy atom. The van der Waals surface area contributed by atoms with Gasteiger partial charge in [0.1, 0.15) is 0 Å². The van der Waals surface area contributed by atoms with Crippen molar-refractivity contribution in [1.29, 1.82) is 0 Å². The maximum Gasteiger partial charge on any atom is 0.321 e. The fourth-order valence-electron chi connectivity index (χ4n) is 4.52. The Morgan fingerprint density at radius 1 is 0.724 bits per heavy atom. The molecule has 0 saturated heterocycles. The molecule has 0 saturated carbocycles. The van der Waals surface area contributed by atoms with Gasteiger partial charge in [0.15, 0.2) is 0 Å². The molecule has 2 heteroatoms. The summed E-state index contributed by atoms with van der Waals surface area (Å²) in [5.74, 6) is 0. The Bertz CT molecular complexity index is 1130. The van der Waals surface area contributed by atoms with Crippen molar-refractivity contribution in [2.45, 2.75) is 47.4 Å². The van der Waals surface area contributed by atoms with Crippen molar-refractivity contribution in [3.8, 4) is 11.1 Å². The lowest BCUT2D eigenvalue weighted by atomic mass is 9.59. The third kappa shape index (κ3) is 3.82. The third-order valence-electron chi connectivity index (χ3n) is 5.64. The SMILES string of the molecule is CC.CCc1c(CC)c(-c2ccc3ccccc3c2)c2ccccc2c1B(C)O. The zero-order chi connectivity index (χ0) is 21.0. The van der Waals surface area contributed by atoms with Gasteiger partial charge in [0.25, 0.3) is 0 Å². The summed E-state index contributed by atoms with van der Waals surface area (Å²) in [4.78, 5) is 0. The number of benzene rings is 4. The molecule has 1 N–H and O–H groups in total. The molecule has 0 atom stereocenters. The molecular formula is C27H31BO. The van der Waals surface area contributed by atoms with E-state index in [4.69, 9.17) is 0 Å². The normalized spacial score (nSPS) is 10.7. The summed E-state index contributed by atoms with van der Waals surface area (Å²) < 4.78 is 0. The molecule has 0 heterocycles. The molecule has 1 nitrogen and oxygen atoms in total. The second-order valence-corrected chi connectivity index (χ2v) is 7.24. The molecule has 0 aliphatic heterocycles. The zero-order valence-corrected chi connectivity index (χ0v) is 18.3. The number of fused-ring (bicyclic) bond motifs is 2. The van der Waals surface area contributed by atoms with Gasteiger partial charge in [-0.1, -0.05) is 95.2 Å². The highest BCUT2D eigenvalue weighted by molar-refractivity contribution is 6.68. The average Bonchev–Trinajstić information content (AvgIpc) is 2.78. The number of hydrogen-bond donors (Lipinski definition) is 1. The second kappa shape index (κ2) is 9.28. The zero-order valence-electron chi connectivity index (χ0n) is 18.3. The lowest BCUT2D eigenvalue weighted by Gasteiger charge is -2.22. The minimum absolute atomic E-state index is 0.471.